The number of furan rings is 1. The molecule has 1 aromatic carbocycles. The highest BCUT2D eigenvalue weighted by Gasteiger charge is 2.35. The highest BCUT2D eigenvalue weighted by atomic mass is 16.3. The SMILES string of the molecule is CNC(=O)c1ccc(-c2ccc3c(c2)N(C(=O)c2ccco2)C[C@H](C)N3C(C)=O)cn1. The third-order valence-electron chi connectivity index (χ3n) is 5.29. The van der Waals surface area contributed by atoms with E-state index in [2.05, 4.69) is 10.3 Å². The van der Waals surface area contributed by atoms with Crippen molar-refractivity contribution in [2.24, 2.45) is 0 Å². The van der Waals surface area contributed by atoms with Gasteiger partial charge in [0.2, 0.25) is 5.91 Å². The molecule has 0 radical (unpaired) electrons. The van der Waals surface area contributed by atoms with Gasteiger partial charge in [0.05, 0.1) is 23.7 Å². The summed E-state index contributed by atoms with van der Waals surface area (Å²) in [5, 5.41) is 2.54. The Kier molecular flexibility index (Phi) is 5.29. The fraction of sp³-hybridized carbons (Fsp3) is 0.217. The first kappa shape index (κ1) is 20.3. The largest absolute Gasteiger partial charge is 0.459 e. The molecular weight excluding hydrogens is 396 g/mol. The fourth-order valence-electron chi connectivity index (χ4n) is 3.84. The molecule has 3 amide bonds. The molecule has 3 aromatic rings. The summed E-state index contributed by atoms with van der Waals surface area (Å²) in [6.45, 7) is 3.76. The molecule has 2 aromatic heterocycles. The lowest BCUT2D eigenvalue weighted by atomic mass is 10.0. The lowest BCUT2D eigenvalue weighted by Gasteiger charge is -2.40. The first-order valence-corrected chi connectivity index (χ1v) is 9.88. The summed E-state index contributed by atoms with van der Waals surface area (Å²) in [4.78, 5) is 44.7. The van der Waals surface area contributed by atoms with E-state index in [1.807, 2.05) is 25.1 Å². The topological polar surface area (TPSA) is 95.8 Å². The molecule has 0 fully saturated rings. The van der Waals surface area contributed by atoms with Crippen LogP contribution < -0.4 is 15.1 Å². The van der Waals surface area contributed by atoms with Crippen LogP contribution >= 0.6 is 0 Å². The van der Waals surface area contributed by atoms with Crippen LogP contribution in [0.4, 0.5) is 11.4 Å². The predicted molar refractivity (Wildman–Crippen MR) is 116 cm³/mol. The average Bonchev–Trinajstić information content (AvgIpc) is 3.32. The molecule has 1 aliphatic heterocycles. The van der Waals surface area contributed by atoms with Crippen molar-refractivity contribution in [1.29, 1.82) is 0 Å². The summed E-state index contributed by atoms with van der Waals surface area (Å²) < 4.78 is 5.31. The van der Waals surface area contributed by atoms with E-state index < -0.39 is 0 Å². The molecule has 0 saturated carbocycles. The number of carbonyl (C=O) groups is 3. The van der Waals surface area contributed by atoms with Crippen LogP contribution in [0.3, 0.4) is 0 Å². The summed E-state index contributed by atoms with van der Waals surface area (Å²) in [5.74, 6) is -0.399. The van der Waals surface area contributed by atoms with Crippen molar-refractivity contribution in [1.82, 2.24) is 10.3 Å². The predicted octanol–water partition coefficient (Wildman–Crippen LogP) is 3.10. The summed E-state index contributed by atoms with van der Waals surface area (Å²) in [6.07, 6.45) is 3.07. The second-order valence-electron chi connectivity index (χ2n) is 7.35. The first-order valence-electron chi connectivity index (χ1n) is 9.88. The highest BCUT2D eigenvalue weighted by molar-refractivity contribution is 6.10. The maximum Gasteiger partial charge on any atom is 0.294 e. The van der Waals surface area contributed by atoms with Crippen molar-refractivity contribution in [2.45, 2.75) is 19.9 Å². The van der Waals surface area contributed by atoms with E-state index in [0.717, 1.165) is 11.1 Å². The van der Waals surface area contributed by atoms with Gasteiger partial charge < -0.3 is 19.5 Å². The number of hydrogen-bond donors (Lipinski definition) is 1. The summed E-state index contributed by atoms with van der Waals surface area (Å²) >= 11 is 0. The Bertz CT molecular complexity index is 1140. The zero-order valence-corrected chi connectivity index (χ0v) is 17.5. The van der Waals surface area contributed by atoms with Gasteiger partial charge in [-0.15, -0.1) is 0 Å². The number of carbonyl (C=O) groups excluding carboxylic acids is 3. The van der Waals surface area contributed by atoms with Crippen LogP contribution in [0.5, 0.6) is 0 Å². The molecule has 4 rings (SSSR count). The number of rotatable bonds is 3. The van der Waals surface area contributed by atoms with Gasteiger partial charge in [-0.25, -0.2) is 0 Å². The second-order valence-corrected chi connectivity index (χ2v) is 7.35. The maximum absolute atomic E-state index is 13.1. The Morgan fingerprint density at radius 2 is 1.87 bits per heavy atom. The number of fused-ring (bicyclic) bond motifs is 1. The van der Waals surface area contributed by atoms with Gasteiger partial charge in [-0.05, 0) is 42.8 Å². The van der Waals surface area contributed by atoms with Crippen LogP contribution in [0.2, 0.25) is 0 Å². The number of anilines is 2. The Balaban J connectivity index is 1.79. The van der Waals surface area contributed by atoms with Crippen molar-refractivity contribution in [3.63, 3.8) is 0 Å². The molecule has 0 aliphatic carbocycles. The minimum Gasteiger partial charge on any atom is -0.459 e. The van der Waals surface area contributed by atoms with E-state index in [0.29, 0.717) is 23.6 Å². The smallest absolute Gasteiger partial charge is 0.294 e. The number of nitrogens with zero attached hydrogens (tertiary/aromatic N) is 3. The summed E-state index contributed by atoms with van der Waals surface area (Å²) in [5.41, 5.74) is 3.18. The van der Waals surface area contributed by atoms with E-state index in [4.69, 9.17) is 4.42 Å². The zero-order valence-electron chi connectivity index (χ0n) is 17.5. The molecule has 1 aliphatic rings. The Hall–Kier alpha value is -3.94. The lowest BCUT2D eigenvalue weighted by molar-refractivity contribution is -0.117. The molecular formula is C23H22N4O4. The van der Waals surface area contributed by atoms with Crippen molar-refractivity contribution in [2.75, 3.05) is 23.4 Å². The van der Waals surface area contributed by atoms with Crippen molar-refractivity contribution in [3.05, 3.63) is 66.4 Å². The van der Waals surface area contributed by atoms with Crippen LogP contribution in [0.25, 0.3) is 11.1 Å². The molecule has 0 bridgehead atoms. The van der Waals surface area contributed by atoms with E-state index in [1.165, 1.54) is 13.2 Å². The number of pyridine rings is 1. The van der Waals surface area contributed by atoms with Crippen LogP contribution in [0, 0.1) is 0 Å². The number of aromatic nitrogens is 1. The number of nitrogens with one attached hydrogen (secondary N) is 1. The fourth-order valence-corrected chi connectivity index (χ4v) is 3.84. The van der Waals surface area contributed by atoms with Crippen LogP contribution in [-0.4, -0.2) is 42.3 Å². The van der Waals surface area contributed by atoms with Gasteiger partial charge in [0.25, 0.3) is 11.8 Å². The van der Waals surface area contributed by atoms with Gasteiger partial charge in [-0.3, -0.25) is 19.4 Å². The summed E-state index contributed by atoms with van der Waals surface area (Å²) in [6, 6.07) is 12.1. The zero-order chi connectivity index (χ0) is 22.1. The molecule has 31 heavy (non-hydrogen) atoms. The molecule has 1 N–H and O–H groups in total. The maximum atomic E-state index is 13.1. The lowest BCUT2D eigenvalue weighted by Crippen LogP contribution is -2.51. The molecule has 158 valence electrons. The second kappa shape index (κ2) is 8.06. The third kappa shape index (κ3) is 3.68. The van der Waals surface area contributed by atoms with E-state index >= 15 is 0 Å². The number of hydrogen-bond acceptors (Lipinski definition) is 5. The average molecular weight is 418 g/mol. The van der Waals surface area contributed by atoms with E-state index in [1.54, 1.807) is 47.3 Å². The normalized spacial score (nSPS) is 15.4. The molecule has 8 heteroatoms. The van der Waals surface area contributed by atoms with E-state index in [9.17, 15) is 14.4 Å². The van der Waals surface area contributed by atoms with Crippen LogP contribution in [-0.2, 0) is 4.79 Å². The van der Waals surface area contributed by atoms with Crippen LogP contribution in [0.15, 0.2) is 59.3 Å². The standard InChI is InChI=1S/C23H22N4O4/c1-14-13-26(23(30)21-5-4-10-31-21)20-11-16(7-9-19(20)27(14)15(2)28)17-6-8-18(25-12-17)22(29)24-3/h4-12,14H,13H2,1-3H3,(H,24,29)/t14-/m0/s1. The molecule has 8 nitrogen and oxygen atoms in total. The number of benzene rings is 1. The molecule has 3 heterocycles. The highest BCUT2D eigenvalue weighted by Crippen LogP contribution is 2.39. The Morgan fingerprint density at radius 1 is 1.10 bits per heavy atom. The van der Waals surface area contributed by atoms with E-state index in [-0.39, 0.29) is 29.5 Å². The van der Waals surface area contributed by atoms with Gasteiger partial charge in [-0.2, -0.15) is 0 Å². The quantitative estimate of drug-likeness (QED) is 0.705. The van der Waals surface area contributed by atoms with Crippen molar-refractivity contribution >= 4 is 29.1 Å². The van der Waals surface area contributed by atoms with Crippen molar-refractivity contribution < 1.29 is 18.8 Å². The Labute approximate surface area is 179 Å². The minimum absolute atomic E-state index is 0.0943. The number of amides is 3. The minimum atomic E-state index is -0.272. The third-order valence-corrected chi connectivity index (χ3v) is 5.29. The monoisotopic (exact) mass is 418 g/mol. The van der Waals surface area contributed by atoms with Gasteiger partial charge in [0, 0.05) is 32.3 Å². The summed E-state index contributed by atoms with van der Waals surface area (Å²) in [7, 11) is 1.55. The molecule has 0 spiro atoms. The van der Waals surface area contributed by atoms with Gasteiger partial charge in [0.1, 0.15) is 5.69 Å². The molecule has 0 unspecified atom stereocenters. The van der Waals surface area contributed by atoms with Gasteiger partial charge in [-0.1, -0.05) is 12.1 Å². The first-order chi connectivity index (χ1) is 14.9. The molecule has 1 atom stereocenters. The Morgan fingerprint density at radius 3 is 2.48 bits per heavy atom. The van der Waals surface area contributed by atoms with Crippen LogP contribution in [0.1, 0.15) is 34.9 Å². The van der Waals surface area contributed by atoms with Gasteiger partial charge in [0.15, 0.2) is 5.76 Å². The molecule has 0 saturated heterocycles. The van der Waals surface area contributed by atoms with Crippen molar-refractivity contribution in [3.8, 4) is 11.1 Å². The van der Waals surface area contributed by atoms with Gasteiger partial charge >= 0.3 is 0 Å².